The molecule has 0 bridgehead atoms. The largest absolute Gasteiger partial charge is 0.494 e. The van der Waals surface area contributed by atoms with Crippen molar-refractivity contribution in [1.29, 1.82) is 0 Å². The second-order valence-electron chi connectivity index (χ2n) is 9.81. The number of nitrogens with one attached hydrogen (secondary N) is 1. The van der Waals surface area contributed by atoms with Crippen molar-refractivity contribution >= 4 is 16.9 Å². The van der Waals surface area contributed by atoms with E-state index in [0.29, 0.717) is 25.5 Å². The molecule has 194 valence electrons. The molecule has 1 atom stereocenters. The molecule has 37 heavy (non-hydrogen) atoms. The van der Waals surface area contributed by atoms with Gasteiger partial charge in [-0.15, -0.1) is 0 Å². The molecule has 1 heterocycles. The third-order valence-corrected chi connectivity index (χ3v) is 7.10. The molecule has 0 spiro atoms. The predicted molar refractivity (Wildman–Crippen MR) is 151 cm³/mol. The molecule has 0 aliphatic heterocycles. The number of hydrogen-bond donors (Lipinski definition) is 1. The fraction of sp³-hybridized carbons (Fsp3) is 0.375. The van der Waals surface area contributed by atoms with E-state index in [1.807, 2.05) is 37.3 Å². The van der Waals surface area contributed by atoms with Crippen molar-refractivity contribution in [1.82, 2.24) is 14.9 Å². The van der Waals surface area contributed by atoms with Crippen molar-refractivity contribution in [3.8, 4) is 5.75 Å². The van der Waals surface area contributed by atoms with E-state index >= 15 is 0 Å². The number of benzene rings is 3. The van der Waals surface area contributed by atoms with Crippen LogP contribution >= 0.6 is 0 Å². The van der Waals surface area contributed by atoms with E-state index in [2.05, 4.69) is 66.2 Å². The highest BCUT2D eigenvalue weighted by Crippen LogP contribution is 2.22. The van der Waals surface area contributed by atoms with Crippen LogP contribution in [0.2, 0.25) is 0 Å². The summed E-state index contributed by atoms with van der Waals surface area (Å²) in [7, 11) is 0. The monoisotopic (exact) mass is 497 g/mol. The summed E-state index contributed by atoms with van der Waals surface area (Å²) in [4.78, 5) is 17.3. The van der Waals surface area contributed by atoms with Gasteiger partial charge in [0, 0.05) is 19.5 Å². The molecule has 5 heteroatoms. The van der Waals surface area contributed by atoms with Crippen LogP contribution in [-0.4, -0.2) is 28.6 Å². The molecular formula is C32H39N3O2. The number of amides is 1. The van der Waals surface area contributed by atoms with E-state index in [1.165, 1.54) is 5.56 Å². The number of para-hydroxylation sites is 2. The van der Waals surface area contributed by atoms with Crippen LogP contribution in [0.25, 0.3) is 11.0 Å². The number of ether oxygens (including phenoxy) is 1. The van der Waals surface area contributed by atoms with E-state index in [4.69, 9.17) is 9.72 Å². The molecule has 1 N–H and O–H groups in total. The van der Waals surface area contributed by atoms with Crippen molar-refractivity contribution in [2.45, 2.75) is 65.3 Å². The van der Waals surface area contributed by atoms with Crippen molar-refractivity contribution in [3.63, 3.8) is 0 Å². The fourth-order valence-corrected chi connectivity index (χ4v) is 4.62. The Bertz CT molecular complexity index is 1290. The minimum Gasteiger partial charge on any atom is -0.494 e. The van der Waals surface area contributed by atoms with Crippen LogP contribution < -0.4 is 10.1 Å². The molecule has 1 amide bonds. The van der Waals surface area contributed by atoms with Gasteiger partial charge in [-0.3, -0.25) is 4.79 Å². The summed E-state index contributed by atoms with van der Waals surface area (Å²) in [6.07, 6.45) is 4.12. The number of carbonyl (C=O) groups is 1. The lowest BCUT2D eigenvalue weighted by atomic mass is 9.99. The maximum Gasteiger partial charge on any atom is 0.224 e. The van der Waals surface area contributed by atoms with E-state index in [-0.39, 0.29) is 5.91 Å². The SMILES string of the molecule is CCC(C)c1ccc(OCCCn2c(CCCNC(=O)Cc3ccccc3C)nc3ccccc32)cc1. The number of imidazole rings is 1. The lowest BCUT2D eigenvalue weighted by Crippen LogP contribution is -2.26. The first-order valence-electron chi connectivity index (χ1n) is 13.5. The number of aromatic nitrogens is 2. The van der Waals surface area contributed by atoms with Gasteiger partial charge in [-0.2, -0.15) is 0 Å². The Hall–Kier alpha value is -3.60. The van der Waals surface area contributed by atoms with Gasteiger partial charge in [0.2, 0.25) is 5.91 Å². The van der Waals surface area contributed by atoms with E-state index in [9.17, 15) is 4.79 Å². The Morgan fingerprint density at radius 1 is 1.00 bits per heavy atom. The fourth-order valence-electron chi connectivity index (χ4n) is 4.62. The molecular weight excluding hydrogens is 458 g/mol. The van der Waals surface area contributed by atoms with Gasteiger partial charge in [-0.05, 0) is 73.1 Å². The van der Waals surface area contributed by atoms with Crippen molar-refractivity contribution in [2.24, 2.45) is 0 Å². The topological polar surface area (TPSA) is 56.1 Å². The van der Waals surface area contributed by atoms with Crippen LogP contribution in [0.1, 0.15) is 61.5 Å². The van der Waals surface area contributed by atoms with E-state index in [0.717, 1.165) is 66.0 Å². The molecule has 0 aliphatic carbocycles. The molecule has 0 radical (unpaired) electrons. The standard InChI is InChI=1S/C32H39N3O2/c1-4-24(2)26-16-18-28(19-17-26)37-22-10-21-35-30-14-8-7-13-29(30)34-31(35)15-9-20-33-32(36)23-27-12-6-5-11-25(27)3/h5-8,11-14,16-19,24H,4,9-10,15,20-23H2,1-3H3,(H,33,36). The molecule has 1 unspecified atom stereocenters. The van der Waals surface area contributed by atoms with Gasteiger partial charge in [0.05, 0.1) is 24.1 Å². The summed E-state index contributed by atoms with van der Waals surface area (Å²) >= 11 is 0. The maximum atomic E-state index is 12.4. The minimum atomic E-state index is 0.0668. The average molecular weight is 498 g/mol. The summed E-state index contributed by atoms with van der Waals surface area (Å²) in [6, 6.07) is 24.8. The van der Waals surface area contributed by atoms with E-state index < -0.39 is 0 Å². The summed E-state index contributed by atoms with van der Waals surface area (Å²) in [5.74, 6) is 2.62. The molecule has 0 aliphatic rings. The van der Waals surface area contributed by atoms with Crippen molar-refractivity contribution in [3.05, 3.63) is 95.3 Å². The lowest BCUT2D eigenvalue weighted by molar-refractivity contribution is -0.120. The van der Waals surface area contributed by atoms with Crippen LogP contribution in [0, 0.1) is 6.92 Å². The highest BCUT2D eigenvalue weighted by Gasteiger charge is 2.11. The summed E-state index contributed by atoms with van der Waals surface area (Å²) < 4.78 is 8.33. The maximum absolute atomic E-state index is 12.4. The third kappa shape index (κ3) is 7.22. The number of rotatable bonds is 13. The van der Waals surface area contributed by atoms with Crippen LogP contribution in [0.3, 0.4) is 0 Å². The van der Waals surface area contributed by atoms with Gasteiger partial charge < -0.3 is 14.6 Å². The van der Waals surface area contributed by atoms with Gasteiger partial charge in [-0.1, -0.05) is 62.4 Å². The summed E-state index contributed by atoms with van der Waals surface area (Å²) in [5.41, 5.74) is 5.76. The Labute approximate surface area is 220 Å². The van der Waals surface area contributed by atoms with Gasteiger partial charge in [0.1, 0.15) is 11.6 Å². The number of hydrogen-bond acceptors (Lipinski definition) is 3. The zero-order chi connectivity index (χ0) is 26.0. The summed E-state index contributed by atoms with van der Waals surface area (Å²) in [5, 5.41) is 3.07. The molecule has 5 nitrogen and oxygen atoms in total. The molecule has 0 fully saturated rings. The van der Waals surface area contributed by atoms with Crippen LogP contribution in [0.4, 0.5) is 0 Å². The Morgan fingerprint density at radius 3 is 2.54 bits per heavy atom. The Kier molecular flexibility index (Phi) is 9.36. The van der Waals surface area contributed by atoms with Crippen LogP contribution in [-0.2, 0) is 24.2 Å². The number of fused-ring (bicyclic) bond motifs is 1. The molecule has 4 rings (SSSR count). The zero-order valence-electron chi connectivity index (χ0n) is 22.4. The second kappa shape index (κ2) is 13.1. The van der Waals surface area contributed by atoms with Gasteiger partial charge in [0.25, 0.3) is 0 Å². The van der Waals surface area contributed by atoms with Gasteiger partial charge >= 0.3 is 0 Å². The molecule has 1 aromatic heterocycles. The first-order chi connectivity index (χ1) is 18.0. The predicted octanol–water partition coefficient (Wildman–Crippen LogP) is 6.62. The third-order valence-electron chi connectivity index (χ3n) is 7.10. The Balaban J connectivity index is 1.28. The summed E-state index contributed by atoms with van der Waals surface area (Å²) in [6.45, 7) is 8.66. The van der Waals surface area contributed by atoms with Crippen LogP contribution in [0.5, 0.6) is 5.75 Å². The Morgan fingerprint density at radius 2 is 1.76 bits per heavy atom. The zero-order valence-corrected chi connectivity index (χ0v) is 22.4. The van der Waals surface area contributed by atoms with Crippen molar-refractivity contribution < 1.29 is 9.53 Å². The smallest absolute Gasteiger partial charge is 0.224 e. The second-order valence-corrected chi connectivity index (χ2v) is 9.81. The highest BCUT2D eigenvalue weighted by molar-refractivity contribution is 5.79. The van der Waals surface area contributed by atoms with E-state index in [1.54, 1.807) is 0 Å². The first-order valence-corrected chi connectivity index (χ1v) is 13.5. The highest BCUT2D eigenvalue weighted by atomic mass is 16.5. The lowest BCUT2D eigenvalue weighted by Gasteiger charge is -2.12. The van der Waals surface area contributed by atoms with Crippen molar-refractivity contribution in [2.75, 3.05) is 13.2 Å². The molecule has 0 saturated heterocycles. The normalized spacial score (nSPS) is 12.0. The number of aryl methyl sites for hydroxylation is 3. The molecule has 0 saturated carbocycles. The van der Waals surface area contributed by atoms with Gasteiger partial charge in [-0.25, -0.2) is 4.98 Å². The first kappa shape index (κ1) is 26.5. The quantitative estimate of drug-likeness (QED) is 0.211. The molecule has 4 aromatic rings. The minimum absolute atomic E-state index is 0.0668. The van der Waals surface area contributed by atoms with Gasteiger partial charge in [0.15, 0.2) is 0 Å². The number of nitrogens with zero attached hydrogens (tertiary/aromatic N) is 2. The average Bonchev–Trinajstić information content (AvgIpc) is 3.27. The number of carbonyl (C=O) groups excluding carboxylic acids is 1. The molecule has 3 aromatic carbocycles. The van der Waals surface area contributed by atoms with Crippen LogP contribution in [0.15, 0.2) is 72.8 Å².